The highest BCUT2D eigenvalue weighted by molar-refractivity contribution is 6.30. The molecular formula is C23H19ClN2O. The van der Waals surface area contributed by atoms with Crippen LogP contribution >= 0.6 is 11.6 Å². The van der Waals surface area contributed by atoms with Crippen LogP contribution in [0.15, 0.2) is 83.8 Å². The highest BCUT2D eigenvalue weighted by atomic mass is 35.5. The molecule has 0 atom stereocenters. The molecular weight excluding hydrogens is 356 g/mol. The molecule has 0 spiro atoms. The van der Waals surface area contributed by atoms with E-state index >= 15 is 0 Å². The molecule has 4 aromatic rings. The van der Waals surface area contributed by atoms with E-state index in [0.29, 0.717) is 5.02 Å². The second-order valence-electron chi connectivity index (χ2n) is 6.68. The summed E-state index contributed by atoms with van der Waals surface area (Å²) in [6, 6.07) is 23.4. The molecule has 0 fully saturated rings. The van der Waals surface area contributed by atoms with Crippen LogP contribution in [0, 0.1) is 13.8 Å². The topological polar surface area (TPSA) is 26.9 Å². The predicted octanol–water partition coefficient (Wildman–Crippen LogP) is 5.57. The Morgan fingerprint density at radius 1 is 0.778 bits per heavy atom. The van der Waals surface area contributed by atoms with Gasteiger partial charge >= 0.3 is 5.69 Å². The van der Waals surface area contributed by atoms with Crippen molar-refractivity contribution in [2.75, 3.05) is 0 Å². The second kappa shape index (κ2) is 6.93. The van der Waals surface area contributed by atoms with Crippen molar-refractivity contribution in [1.82, 2.24) is 9.13 Å². The minimum Gasteiger partial charge on any atom is -0.267 e. The molecule has 0 saturated carbocycles. The van der Waals surface area contributed by atoms with Gasteiger partial charge in [0.2, 0.25) is 0 Å². The van der Waals surface area contributed by atoms with Crippen LogP contribution in [0.25, 0.3) is 22.6 Å². The van der Waals surface area contributed by atoms with Gasteiger partial charge < -0.3 is 0 Å². The summed E-state index contributed by atoms with van der Waals surface area (Å²) >= 11 is 6.01. The molecule has 0 saturated heterocycles. The van der Waals surface area contributed by atoms with E-state index in [4.69, 9.17) is 11.6 Å². The van der Waals surface area contributed by atoms with Gasteiger partial charge in [0.25, 0.3) is 0 Å². The summed E-state index contributed by atoms with van der Waals surface area (Å²) in [7, 11) is 0. The number of hydrogen-bond acceptors (Lipinski definition) is 1. The quantitative estimate of drug-likeness (QED) is 0.460. The first kappa shape index (κ1) is 17.4. The molecule has 1 heterocycles. The highest BCUT2D eigenvalue weighted by Crippen LogP contribution is 2.24. The average molecular weight is 375 g/mol. The van der Waals surface area contributed by atoms with Crippen LogP contribution in [-0.2, 0) is 0 Å². The molecule has 3 nitrogen and oxygen atoms in total. The maximum Gasteiger partial charge on any atom is 0.337 e. The van der Waals surface area contributed by atoms with Gasteiger partial charge in [-0.15, -0.1) is 0 Å². The number of imidazole rings is 1. The summed E-state index contributed by atoms with van der Waals surface area (Å²) in [5.41, 5.74) is 5.66. The number of aryl methyl sites for hydroxylation is 2. The molecule has 3 aromatic carbocycles. The maximum absolute atomic E-state index is 13.3. The smallest absolute Gasteiger partial charge is 0.267 e. The van der Waals surface area contributed by atoms with Crippen molar-refractivity contribution in [1.29, 1.82) is 0 Å². The zero-order chi connectivity index (χ0) is 19.0. The standard InChI is InChI=1S/C23H19ClN2O/c1-16-6-10-21(11-7-16)26-22(18-5-3-4-17(2)14-18)15-25(23(26)27)20-12-8-19(24)9-13-20/h3-15H,1-2H3. The molecule has 0 N–H and O–H groups in total. The molecule has 27 heavy (non-hydrogen) atoms. The molecule has 0 unspecified atom stereocenters. The van der Waals surface area contributed by atoms with E-state index in [9.17, 15) is 4.79 Å². The monoisotopic (exact) mass is 374 g/mol. The summed E-state index contributed by atoms with van der Waals surface area (Å²) in [5.74, 6) is 0. The average Bonchev–Trinajstić information content (AvgIpc) is 3.00. The molecule has 4 heteroatoms. The van der Waals surface area contributed by atoms with Crippen LogP contribution in [0.3, 0.4) is 0 Å². The predicted molar refractivity (Wildman–Crippen MR) is 111 cm³/mol. The lowest BCUT2D eigenvalue weighted by molar-refractivity contribution is 0.911. The Balaban J connectivity index is 1.98. The van der Waals surface area contributed by atoms with Crippen LogP contribution in [0.5, 0.6) is 0 Å². The lowest BCUT2D eigenvalue weighted by Crippen LogP contribution is -2.22. The molecule has 4 rings (SSSR count). The first-order valence-electron chi connectivity index (χ1n) is 8.77. The number of benzene rings is 3. The van der Waals surface area contributed by atoms with Crippen molar-refractivity contribution >= 4 is 11.6 Å². The summed E-state index contributed by atoms with van der Waals surface area (Å²) in [5, 5.41) is 0.642. The van der Waals surface area contributed by atoms with Crippen LogP contribution in [-0.4, -0.2) is 9.13 Å². The Bertz CT molecular complexity index is 1150. The maximum atomic E-state index is 13.3. The fourth-order valence-electron chi connectivity index (χ4n) is 3.18. The Labute approximate surface area is 163 Å². The van der Waals surface area contributed by atoms with E-state index in [1.54, 1.807) is 21.3 Å². The van der Waals surface area contributed by atoms with Gasteiger partial charge in [-0.3, -0.25) is 9.13 Å². The Hall–Kier alpha value is -3.04. The number of nitrogens with zero attached hydrogens (tertiary/aromatic N) is 2. The third kappa shape index (κ3) is 3.34. The molecule has 0 aliphatic carbocycles. The van der Waals surface area contributed by atoms with Gasteiger partial charge in [0, 0.05) is 16.8 Å². The normalized spacial score (nSPS) is 10.9. The van der Waals surface area contributed by atoms with Crippen molar-refractivity contribution in [2.45, 2.75) is 13.8 Å². The first-order chi connectivity index (χ1) is 13.0. The number of halogens is 1. The lowest BCUT2D eigenvalue weighted by atomic mass is 10.1. The lowest BCUT2D eigenvalue weighted by Gasteiger charge is -2.08. The van der Waals surface area contributed by atoms with Crippen LogP contribution in [0.2, 0.25) is 5.02 Å². The second-order valence-corrected chi connectivity index (χ2v) is 7.12. The minimum atomic E-state index is -0.113. The molecule has 0 aliphatic heterocycles. The van der Waals surface area contributed by atoms with E-state index in [2.05, 4.69) is 6.07 Å². The van der Waals surface area contributed by atoms with E-state index in [1.807, 2.05) is 74.6 Å². The van der Waals surface area contributed by atoms with Crippen LogP contribution < -0.4 is 5.69 Å². The van der Waals surface area contributed by atoms with Gasteiger partial charge in [-0.25, -0.2) is 4.79 Å². The molecule has 0 amide bonds. The largest absolute Gasteiger partial charge is 0.337 e. The van der Waals surface area contributed by atoms with Gasteiger partial charge in [0.05, 0.1) is 17.1 Å². The van der Waals surface area contributed by atoms with E-state index in [-0.39, 0.29) is 5.69 Å². The van der Waals surface area contributed by atoms with E-state index < -0.39 is 0 Å². The Kier molecular flexibility index (Phi) is 4.46. The summed E-state index contributed by atoms with van der Waals surface area (Å²) in [6.07, 6.45) is 1.89. The molecule has 1 aromatic heterocycles. The molecule has 0 bridgehead atoms. The van der Waals surface area contributed by atoms with Crippen molar-refractivity contribution in [2.24, 2.45) is 0 Å². The number of rotatable bonds is 3. The minimum absolute atomic E-state index is 0.113. The summed E-state index contributed by atoms with van der Waals surface area (Å²) in [6.45, 7) is 4.08. The fraction of sp³-hybridized carbons (Fsp3) is 0.0870. The van der Waals surface area contributed by atoms with Gasteiger partial charge in [-0.05, 0) is 56.3 Å². The van der Waals surface area contributed by atoms with Crippen molar-refractivity contribution in [3.63, 3.8) is 0 Å². The number of aromatic nitrogens is 2. The Morgan fingerprint density at radius 2 is 1.44 bits per heavy atom. The molecule has 0 radical (unpaired) electrons. The van der Waals surface area contributed by atoms with Gasteiger partial charge in [0.1, 0.15) is 0 Å². The zero-order valence-electron chi connectivity index (χ0n) is 15.2. The SMILES string of the molecule is Cc1ccc(-n2c(-c3cccc(C)c3)cn(-c3ccc(Cl)cc3)c2=O)cc1. The third-order valence-corrected chi connectivity index (χ3v) is 4.85. The van der Waals surface area contributed by atoms with Gasteiger partial charge in [-0.2, -0.15) is 0 Å². The van der Waals surface area contributed by atoms with Gasteiger partial charge in [-0.1, -0.05) is 53.1 Å². The van der Waals surface area contributed by atoms with Crippen molar-refractivity contribution < 1.29 is 0 Å². The molecule has 0 aliphatic rings. The number of hydrogen-bond donors (Lipinski definition) is 0. The van der Waals surface area contributed by atoms with Crippen LogP contribution in [0.4, 0.5) is 0 Å². The van der Waals surface area contributed by atoms with Crippen molar-refractivity contribution in [3.8, 4) is 22.6 Å². The fourth-order valence-corrected chi connectivity index (χ4v) is 3.31. The Morgan fingerprint density at radius 3 is 2.11 bits per heavy atom. The summed E-state index contributed by atoms with van der Waals surface area (Å²) in [4.78, 5) is 13.3. The third-order valence-electron chi connectivity index (χ3n) is 4.60. The molecule has 134 valence electrons. The van der Waals surface area contributed by atoms with E-state index in [1.165, 1.54) is 0 Å². The van der Waals surface area contributed by atoms with E-state index in [0.717, 1.165) is 33.8 Å². The first-order valence-corrected chi connectivity index (χ1v) is 9.15. The van der Waals surface area contributed by atoms with Crippen molar-refractivity contribution in [3.05, 3.63) is 106 Å². The zero-order valence-corrected chi connectivity index (χ0v) is 15.9. The highest BCUT2D eigenvalue weighted by Gasteiger charge is 2.16. The van der Waals surface area contributed by atoms with Crippen LogP contribution in [0.1, 0.15) is 11.1 Å². The summed E-state index contributed by atoms with van der Waals surface area (Å²) < 4.78 is 3.41. The van der Waals surface area contributed by atoms with Gasteiger partial charge in [0.15, 0.2) is 0 Å².